The average molecular weight is 499 g/mol. The third-order valence-corrected chi connectivity index (χ3v) is 6.44. The Balaban J connectivity index is 0.000000588. The lowest BCUT2D eigenvalue weighted by Crippen LogP contribution is -2.33. The van der Waals surface area contributed by atoms with Gasteiger partial charge in [0.25, 0.3) is 0 Å². The lowest BCUT2D eigenvalue weighted by atomic mass is 10.3. The van der Waals surface area contributed by atoms with Crippen molar-refractivity contribution in [1.82, 2.24) is 14.8 Å². The summed E-state index contributed by atoms with van der Waals surface area (Å²) in [4.78, 5) is 41.8. The Morgan fingerprint density at radius 3 is 2.56 bits per heavy atom. The zero-order chi connectivity index (χ0) is 24.5. The highest BCUT2D eigenvalue weighted by Crippen LogP contribution is 2.32. The quantitative estimate of drug-likeness (QED) is 0.497. The van der Waals surface area contributed by atoms with E-state index in [1.165, 1.54) is 21.6 Å². The summed E-state index contributed by atoms with van der Waals surface area (Å²) in [5.41, 5.74) is 1.59. The van der Waals surface area contributed by atoms with Gasteiger partial charge in [0.05, 0.1) is 27.6 Å². The number of aromatic nitrogens is 1. The van der Waals surface area contributed by atoms with Gasteiger partial charge in [0, 0.05) is 25.9 Å². The molecule has 1 aliphatic heterocycles. The summed E-state index contributed by atoms with van der Waals surface area (Å²) in [7, 11) is 3.38. The fraction of sp³-hybridized carbons (Fsp3) is 0.250. The van der Waals surface area contributed by atoms with Crippen molar-refractivity contribution in [2.75, 3.05) is 38.3 Å². The number of amides is 3. The van der Waals surface area contributed by atoms with Gasteiger partial charge in [0.15, 0.2) is 0 Å². The number of para-hydroxylation sites is 1. The predicted octanol–water partition coefficient (Wildman–Crippen LogP) is 3.91. The Hall–Kier alpha value is -3.37. The molecule has 1 N–H and O–H groups in total. The topological polar surface area (TPSA) is 91.8 Å². The molecule has 8 nitrogen and oxygen atoms in total. The summed E-state index contributed by atoms with van der Waals surface area (Å²) in [6, 6.07) is 15.1. The van der Waals surface area contributed by atoms with Crippen LogP contribution in [0.15, 0.2) is 53.6 Å². The molecule has 3 amide bonds. The van der Waals surface area contributed by atoms with Gasteiger partial charge in [-0.25, -0.2) is 4.98 Å². The van der Waals surface area contributed by atoms with Crippen molar-refractivity contribution in [3.8, 4) is 5.75 Å². The smallest absolute Gasteiger partial charge is 0.244 e. The lowest BCUT2D eigenvalue weighted by molar-refractivity contribution is -0.129. The van der Waals surface area contributed by atoms with Gasteiger partial charge in [0.1, 0.15) is 17.3 Å². The number of nitrogens with one attached hydrogen (secondary N) is 1. The van der Waals surface area contributed by atoms with E-state index >= 15 is 0 Å². The van der Waals surface area contributed by atoms with Gasteiger partial charge >= 0.3 is 0 Å². The van der Waals surface area contributed by atoms with E-state index in [1.54, 1.807) is 49.7 Å². The number of hydrogen-bond acceptors (Lipinski definition) is 7. The number of thioether (sulfide) groups is 1. The standard InChI is InChI=1S/C21H19N3O3S2.C3H7NO/c1-2-27-15-9-7-14(8-10-15)22-18(25)12-24-20(26)13-28-21(24)11-19-23-16-5-3-4-6-17(16)29-19;1-4(2)3-5/h3-11H,2,12-13H2,1H3,(H,22,25);3H,1-2H3/b21-11-;. The molecule has 34 heavy (non-hydrogen) atoms. The molecule has 0 radical (unpaired) electrons. The molecule has 178 valence electrons. The van der Waals surface area contributed by atoms with E-state index in [2.05, 4.69) is 10.3 Å². The Kier molecular flexibility index (Phi) is 9.06. The highest BCUT2D eigenvalue weighted by atomic mass is 32.2. The van der Waals surface area contributed by atoms with Crippen molar-refractivity contribution in [3.63, 3.8) is 0 Å². The van der Waals surface area contributed by atoms with E-state index in [0.717, 1.165) is 32.4 Å². The third kappa shape index (κ3) is 7.06. The highest BCUT2D eigenvalue weighted by molar-refractivity contribution is 8.04. The summed E-state index contributed by atoms with van der Waals surface area (Å²) in [5.74, 6) is 0.745. The van der Waals surface area contributed by atoms with Crippen LogP contribution >= 0.6 is 23.1 Å². The molecule has 1 aromatic heterocycles. The summed E-state index contributed by atoms with van der Waals surface area (Å²) in [6.45, 7) is 2.47. The number of carbonyl (C=O) groups is 3. The molecule has 0 spiro atoms. The number of carbonyl (C=O) groups excluding carboxylic acids is 3. The molecule has 2 heterocycles. The molecule has 0 unspecified atom stereocenters. The number of thiazole rings is 1. The Morgan fingerprint density at radius 2 is 1.91 bits per heavy atom. The Morgan fingerprint density at radius 1 is 1.21 bits per heavy atom. The second-order valence-electron chi connectivity index (χ2n) is 7.35. The minimum absolute atomic E-state index is 0.0320. The van der Waals surface area contributed by atoms with Crippen LogP contribution in [0.25, 0.3) is 16.3 Å². The van der Waals surface area contributed by atoms with Crippen LogP contribution < -0.4 is 10.1 Å². The van der Waals surface area contributed by atoms with E-state index < -0.39 is 0 Å². The molecule has 10 heteroatoms. The number of hydrogen-bond donors (Lipinski definition) is 1. The van der Waals surface area contributed by atoms with E-state index in [0.29, 0.717) is 18.0 Å². The molecule has 2 aromatic carbocycles. The van der Waals surface area contributed by atoms with Crippen molar-refractivity contribution in [2.24, 2.45) is 0 Å². The van der Waals surface area contributed by atoms with E-state index in [1.807, 2.05) is 37.3 Å². The first kappa shape index (κ1) is 25.3. The zero-order valence-corrected chi connectivity index (χ0v) is 20.8. The second-order valence-corrected chi connectivity index (χ2v) is 9.40. The van der Waals surface area contributed by atoms with Crippen molar-refractivity contribution < 1.29 is 19.1 Å². The zero-order valence-electron chi connectivity index (χ0n) is 19.2. The van der Waals surface area contributed by atoms with E-state index in [4.69, 9.17) is 4.74 Å². The summed E-state index contributed by atoms with van der Waals surface area (Å²) in [5, 5.41) is 4.39. The maximum absolute atomic E-state index is 12.5. The minimum Gasteiger partial charge on any atom is -0.494 e. The van der Waals surface area contributed by atoms with Crippen LogP contribution in [-0.2, 0) is 14.4 Å². The molecule has 1 aliphatic rings. The maximum Gasteiger partial charge on any atom is 0.244 e. The number of benzene rings is 2. The van der Waals surface area contributed by atoms with Gasteiger partial charge < -0.3 is 15.0 Å². The number of ether oxygens (including phenoxy) is 1. The van der Waals surface area contributed by atoms with E-state index in [-0.39, 0.29) is 18.4 Å². The van der Waals surface area contributed by atoms with Crippen molar-refractivity contribution in [1.29, 1.82) is 0 Å². The molecule has 1 fully saturated rings. The van der Waals surface area contributed by atoms with Crippen molar-refractivity contribution >= 4 is 63.3 Å². The molecular formula is C24H26N4O4S2. The highest BCUT2D eigenvalue weighted by Gasteiger charge is 2.28. The SMILES string of the molecule is CCOc1ccc(NC(=O)CN2C(=O)CS/C2=C\c2nc3ccccc3s2)cc1.CN(C)C=O. The van der Waals surface area contributed by atoms with Crippen LogP contribution in [-0.4, -0.2) is 66.0 Å². The summed E-state index contributed by atoms with van der Waals surface area (Å²) < 4.78 is 6.49. The molecule has 0 saturated carbocycles. The number of nitrogens with zero attached hydrogens (tertiary/aromatic N) is 3. The Labute approximate surface area is 206 Å². The fourth-order valence-corrected chi connectivity index (χ4v) is 4.83. The first-order valence-electron chi connectivity index (χ1n) is 10.5. The molecule has 3 aromatic rings. The molecule has 0 bridgehead atoms. The van der Waals surface area contributed by atoms with Gasteiger partial charge in [-0.1, -0.05) is 23.9 Å². The van der Waals surface area contributed by atoms with Crippen LogP contribution in [0.2, 0.25) is 0 Å². The maximum atomic E-state index is 12.5. The first-order chi connectivity index (χ1) is 16.4. The van der Waals surface area contributed by atoms with Crippen LogP contribution in [0.3, 0.4) is 0 Å². The van der Waals surface area contributed by atoms with Crippen LogP contribution in [0.4, 0.5) is 5.69 Å². The minimum atomic E-state index is -0.250. The largest absolute Gasteiger partial charge is 0.494 e. The fourth-order valence-electron chi connectivity index (χ4n) is 2.90. The summed E-state index contributed by atoms with van der Waals surface area (Å²) in [6.07, 6.45) is 2.63. The average Bonchev–Trinajstić information content (AvgIpc) is 3.39. The van der Waals surface area contributed by atoms with Gasteiger partial charge in [-0.3, -0.25) is 19.3 Å². The van der Waals surface area contributed by atoms with E-state index in [9.17, 15) is 14.4 Å². The Bertz CT molecular complexity index is 1140. The monoisotopic (exact) mass is 498 g/mol. The third-order valence-electron chi connectivity index (χ3n) is 4.43. The predicted molar refractivity (Wildman–Crippen MR) is 138 cm³/mol. The van der Waals surface area contributed by atoms with Gasteiger partial charge in [0.2, 0.25) is 18.2 Å². The number of anilines is 1. The molecule has 0 aliphatic carbocycles. The molecule has 0 atom stereocenters. The second kappa shape index (κ2) is 12.2. The molecule has 1 saturated heterocycles. The summed E-state index contributed by atoms with van der Waals surface area (Å²) >= 11 is 2.99. The van der Waals surface area contributed by atoms with Gasteiger partial charge in [-0.15, -0.1) is 11.3 Å². The van der Waals surface area contributed by atoms with Crippen LogP contribution in [0.1, 0.15) is 11.9 Å². The van der Waals surface area contributed by atoms with Gasteiger partial charge in [-0.05, 0) is 43.3 Å². The van der Waals surface area contributed by atoms with Crippen molar-refractivity contribution in [2.45, 2.75) is 6.92 Å². The number of rotatable bonds is 7. The number of fused-ring (bicyclic) bond motifs is 1. The van der Waals surface area contributed by atoms with Crippen molar-refractivity contribution in [3.05, 3.63) is 58.6 Å². The van der Waals surface area contributed by atoms with Gasteiger partial charge in [-0.2, -0.15) is 0 Å². The van der Waals surface area contributed by atoms with Crippen LogP contribution in [0, 0.1) is 0 Å². The lowest BCUT2D eigenvalue weighted by Gasteiger charge is -2.16. The molecular weight excluding hydrogens is 472 g/mol. The first-order valence-corrected chi connectivity index (χ1v) is 12.3. The molecule has 4 rings (SSSR count). The normalized spacial score (nSPS) is 14.0. The van der Waals surface area contributed by atoms with Crippen LogP contribution in [0.5, 0.6) is 5.75 Å².